The van der Waals surface area contributed by atoms with Crippen molar-refractivity contribution in [1.82, 2.24) is 24.8 Å². The second kappa shape index (κ2) is 7.69. The summed E-state index contributed by atoms with van der Waals surface area (Å²) in [5.41, 5.74) is -0.908. The maximum absolute atomic E-state index is 12.4. The van der Waals surface area contributed by atoms with E-state index >= 15 is 0 Å². The number of amides is 2. The number of likely N-dealkylation sites (tertiary alicyclic amines) is 1. The number of carbonyl (C=O) groups is 2. The van der Waals surface area contributed by atoms with Gasteiger partial charge < -0.3 is 24.3 Å². The number of hydrogen-bond acceptors (Lipinski definition) is 6. The van der Waals surface area contributed by atoms with Gasteiger partial charge in [0.05, 0.1) is 12.0 Å². The highest BCUT2D eigenvalue weighted by molar-refractivity contribution is 5.93. The van der Waals surface area contributed by atoms with Gasteiger partial charge in [-0.25, -0.2) is 9.97 Å². The molecule has 2 aromatic rings. The van der Waals surface area contributed by atoms with Gasteiger partial charge in [0.25, 0.3) is 11.8 Å². The minimum absolute atomic E-state index is 0.194. The van der Waals surface area contributed by atoms with Crippen LogP contribution in [0.2, 0.25) is 0 Å². The van der Waals surface area contributed by atoms with E-state index in [0.29, 0.717) is 12.2 Å². The van der Waals surface area contributed by atoms with Crippen LogP contribution >= 0.6 is 0 Å². The average Bonchev–Trinajstić information content (AvgIpc) is 3.30. The van der Waals surface area contributed by atoms with Crippen molar-refractivity contribution < 1.29 is 19.1 Å². The molecule has 1 aliphatic heterocycles. The van der Waals surface area contributed by atoms with Gasteiger partial charge in [-0.2, -0.15) is 0 Å². The SMILES string of the molecule is Cc1ncoc1C(=O)N1CCC(O)(C(=O)NCCCn2ccnc2)CC1. The summed E-state index contributed by atoms with van der Waals surface area (Å²) in [5.74, 6) is -0.437. The Labute approximate surface area is 151 Å². The molecule has 0 atom stereocenters. The van der Waals surface area contributed by atoms with Gasteiger partial charge in [0.2, 0.25) is 5.76 Å². The Hall–Kier alpha value is -2.68. The van der Waals surface area contributed by atoms with E-state index in [4.69, 9.17) is 4.42 Å². The normalized spacial score (nSPS) is 16.5. The number of oxazole rings is 1. The molecular formula is C17H23N5O4. The number of piperidine rings is 1. The molecule has 9 nitrogen and oxygen atoms in total. The van der Waals surface area contributed by atoms with Gasteiger partial charge in [0.15, 0.2) is 6.39 Å². The van der Waals surface area contributed by atoms with Crippen molar-refractivity contribution in [3.8, 4) is 0 Å². The molecule has 0 bridgehead atoms. The van der Waals surface area contributed by atoms with E-state index in [9.17, 15) is 14.7 Å². The van der Waals surface area contributed by atoms with Gasteiger partial charge in [0.1, 0.15) is 5.60 Å². The van der Waals surface area contributed by atoms with Crippen LogP contribution in [-0.4, -0.2) is 61.6 Å². The van der Waals surface area contributed by atoms with Crippen LogP contribution in [0.5, 0.6) is 0 Å². The van der Waals surface area contributed by atoms with E-state index in [-0.39, 0.29) is 43.5 Å². The maximum atomic E-state index is 12.4. The molecule has 2 N–H and O–H groups in total. The summed E-state index contributed by atoms with van der Waals surface area (Å²) < 4.78 is 7.05. The lowest BCUT2D eigenvalue weighted by atomic mass is 9.90. The number of carbonyl (C=O) groups excluding carboxylic acids is 2. The van der Waals surface area contributed by atoms with Crippen molar-refractivity contribution in [1.29, 1.82) is 0 Å². The van der Waals surface area contributed by atoms with Crippen LogP contribution in [0.4, 0.5) is 0 Å². The fourth-order valence-corrected chi connectivity index (χ4v) is 3.00. The predicted octanol–water partition coefficient (Wildman–Crippen LogP) is 0.353. The van der Waals surface area contributed by atoms with Crippen LogP contribution in [-0.2, 0) is 11.3 Å². The number of nitrogens with one attached hydrogen (secondary N) is 1. The van der Waals surface area contributed by atoms with Crippen LogP contribution in [0.25, 0.3) is 0 Å². The highest BCUT2D eigenvalue weighted by atomic mass is 16.4. The van der Waals surface area contributed by atoms with E-state index in [1.54, 1.807) is 24.3 Å². The monoisotopic (exact) mass is 361 g/mol. The highest BCUT2D eigenvalue weighted by Gasteiger charge is 2.40. The first kappa shape index (κ1) is 18.1. The van der Waals surface area contributed by atoms with Gasteiger partial charge >= 0.3 is 0 Å². The van der Waals surface area contributed by atoms with Crippen molar-refractivity contribution in [3.63, 3.8) is 0 Å². The third-order valence-electron chi connectivity index (χ3n) is 4.68. The second-order valence-electron chi connectivity index (χ2n) is 6.50. The van der Waals surface area contributed by atoms with Gasteiger partial charge in [-0.15, -0.1) is 0 Å². The number of aliphatic hydroxyl groups is 1. The molecule has 0 radical (unpaired) electrons. The Morgan fingerprint density at radius 2 is 2.15 bits per heavy atom. The van der Waals surface area contributed by atoms with Crippen LogP contribution in [0.1, 0.15) is 35.5 Å². The van der Waals surface area contributed by atoms with E-state index in [0.717, 1.165) is 13.0 Å². The number of imidazole rings is 1. The van der Waals surface area contributed by atoms with Gasteiger partial charge in [0, 0.05) is 51.4 Å². The third-order valence-corrected chi connectivity index (χ3v) is 4.68. The van der Waals surface area contributed by atoms with Crippen LogP contribution in [0.15, 0.2) is 29.5 Å². The molecule has 26 heavy (non-hydrogen) atoms. The molecule has 0 aliphatic carbocycles. The number of aromatic nitrogens is 3. The first-order valence-electron chi connectivity index (χ1n) is 8.65. The molecule has 2 aromatic heterocycles. The fourth-order valence-electron chi connectivity index (χ4n) is 3.00. The smallest absolute Gasteiger partial charge is 0.291 e. The Balaban J connectivity index is 1.45. The lowest BCUT2D eigenvalue weighted by molar-refractivity contribution is -0.144. The number of rotatable bonds is 6. The summed E-state index contributed by atoms with van der Waals surface area (Å²) in [6.07, 6.45) is 7.65. The molecule has 1 fully saturated rings. The molecule has 1 saturated heterocycles. The minimum Gasteiger partial charge on any atom is -0.438 e. The largest absolute Gasteiger partial charge is 0.438 e. The molecule has 0 unspecified atom stereocenters. The van der Waals surface area contributed by atoms with Gasteiger partial charge in [-0.05, 0) is 13.3 Å². The quantitative estimate of drug-likeness (QED) is 0.718. The third kappa shape index (κ3) is 3.93. The molecule has 0 aromatic carbocycles. The first-order chi connectivity index (χ1) is 12.5. The summed E-state index contributed by atoms with van der Waals surface area (Å²) in [5, 5.41) is 13.4. The first-order valence-corrected chi connectivity index (χ1v) is 8.65. The van der Waals surface area contributed by atoms with Crippen molar-refractivity contribution >= 4 is 11.8 Å². The minimum atomic E-state index is -1.44. The summed E-state index contributed by atoms with van der Waals surface area (Å²) >= 11 is 0. The molecule has 0 spiro atoms. The molecule has 3 heterocycles. The van der Waals surface area contributed by atoms with Crippen molar-refractivity contribution in [2.24, 2.45) is 0 Å². The Bertz CT molecular complexity index is 747. The van der Waals surface area contributed by atoms with Crippen molar-refractivity contribution in [2.45, 2.75) is 38.3 Å². The Morgan fingerprint density at radius 1 is 1.38 bits per heavy atom. The topological polar surface area (TPSA) is 113 Å². The number of hydrogen-bond donors (Lipinski definition) is 2. The summed E-state index contributed by atoms with van der Waals surface area (Å²) in [4.78, 5) is 34.2. The number of aryl methyl sites for hydroxylation is 2. The molecule has 140 valence electrons. The average molecular weight is 361 g/mol. The predicted molar refractivity (Wildman–Crippen MR) is 91.2 cm³/mol. The van der Waals surface area contributed by atoms with E-state index in [1.807, 2.05) is 10.8 Å². The molecule has 1 aliphatic rings. The van der Waals surface area contributed by atoms with Crippen molar-refractivity contribution in [3.05, 3.63) is 36.6 Å². The molecule has 2 amide bonds. The molecular weight excluding hydrogens is 338 g/mol. The van der Waals surface area contributed by atoms with Gasteiger partial charge in [-0.3, -0.25) is 9.59 Å². The standard InChI is InChI=1S/C17H23N5O4/c1-13-14(26-12-20-13)15(23)22-8-3-17(25,4-9-22)16(24)19-5-2-7-21-10-6-18-11-21/h6,10-12,25H,2-5,7-9H2,1H3,(H,19,24). The number of nitrogens with zero attached hydrogens (tertiary/aromatic N) is 4. The van der Waals surface area contributed by atoms with Crippen LogP contribution in [0, 0.1) is 6.92 Å². The lowest BCUT2D eigenvalue weighted by Gasteiger charge is -2.36. The fraction of sp³-hybridized carbons (Fsp3) is 0.529. The van der Waals surface area contributed by atoms with Crippen molar-refractivity contribution in [2.75, 3.05) is 19.6 Å². The summed E-state index contributed by atoms with van der Waals surface area (Å²) in [6, 6.07) is 0. The molecule has 9 heteroatoms. The summed E-state index contributed by atoms with van der Waals surface area (Å²) in [7, 11) is 0. The zero-order valence-electron chi connectivity index (χ0n) is 14.7. The van der Waals surface area contributed by atoms with Crippen LogP contribution in [0.3, 0.4) is 0 Å². The summed E-state index contributed by atoms with van der Waals surface area (Å²) in [6.45, 7) is 3.50. The van der Waals surface area contributed by atoms with E-state index in [1.165, 1.54) is 6.39 Å². The molecule has 3 rings (SSSR count). The Kier molecular flexibility index (Phi) is 5.36. The van der Waals surface area contributed by atoms with Crippen LogP contribution < -0.4 is 5.32 Å². The lowest BCUT2D eigenvalue weighted by Crippen LogP contribution is -2.55. The molecule has 0 saturated carbocycles. The maximum Gasteiger partial charge on any atom is 0.291 e. The second-order valence-corrected chi connectivity index (χ2v) is 6.50. The van der Waals surface area contributed by atoms with Gasteiger partial charge in [-0.1, -0.05) is 0 Å². The Morgan fingerprint density at radius 3 is 2.77 bits per heavy atom. The van der Waals surface area contributed by atoms with E-state index < -0.39 is 5.60 Å². The zero-order valence-corrected chi connectivity index (χ0v) is 14.7. The zero-order chi connectivity index (χ0) is 18.6. The highest BCUT2D eigenvalue weighted by Crippen LogP contribution is 2.24. The van der Waals surface area contributed by atoms with E-state index in [2.05, 4.69) is 15.3 Å².